The summed E-state index contributed by atoms with van der Waals surface area (Å²) < 4.78 is 0. The lowest BCUT2D eigenvalue weighted by Crippen LogP contribution is -2.00. The Labute approximate surface area is 104 Å². The monoisotopic (exact) mass is 249 g/mol. The number of pyridine rings is 1. The van der Waals surface area contributed by atoms with Gasteiger partial charge in [0.05, 0.1) is 10.6 Å². The van der Waals surface area contributed by atoms with Gasteiger partial charge in [0.25, 0.3) is 0 Å². The van der Waals surface area contributed by atoms with Crippen molar-refractivity contribution in [1.82, 2.24) is 4.98 Å². The van der Waals surface area contributed by atoms with E-state index in [1.807, 2.05) is 6.92 Å². The third kappa shape index (κ3) is 2.11. The minimum absolute atomic E-state index is 0.0183. The van der Waals surface area contributed by atoms with Crippen LogP contribution in [-0.4, -0.2) is 15.9 Å². The number of carbonyl (C=O) groups excluding carboxylic acids is 1. The van der Waals surface area contributed by atoms with Crippen LogP contribution in [0.15, 0.2) is 24.4 Å². The zero-order valence-corrected chi connectivity index (χ0v) is 10.2. The van der Waals surface area contributed by atoms with Crippen molar-refractivity contribution in [2.24, 2.45) is 0 Å². The second-order valence-electron chi connectivity index (χ2n) is 3.83. The van der Waals surface area contributed by atoms with E-state index in [-0.39, 0.29) is 11.5 Å². The lowest BCUT2D eigenvalue weighted by Gasteiger charge is -2.06. The number of hydrogen-bond donors (Lipinski definition) is 1. The van der Waals surface area contributed by atoms with Crippen molar-refractivity contribution >= 4 is 28.3 Å². The van der Waals surface area contributed by atoms with Gasteiger partial charge in [-0.05, 0) is 12.5 Å². The van der Waals surface area contributed by atoms with E-state index in [9.17, 15) is 9.90 Å². The molecule has 0 radical (unpaired) electrons. The molecule has 3 nitrogen and oxygen atoms in total. The third-order valence-corrected chi connectivity index (χ3v) is 3.00. The van der Waals surface area contributed by atoms with Gasteiger partial charge in [0.15, 0.2) is 5.78 Å². The highest BCUT2D eigenvalue weighted by molar-refractivity contribution is 6.38. The van der Waals surface area contributed by atoms with E-state index in [2.05, 4.69) is 4.98 Å². The van der Waals surface area contributed by atoms with Gasteiger partial charge in [-0.3, -0.25) is 9.78 Å². The van der Waals surface area contributed by atoms with Crippen molar-refractivity contribution in [3.8, 4) is 5.75 Å². The Balaban J connectivity index is 2.62. The number of aromatic nitrogens is 1. The number of para-hydroxylation sites is 1. The number of phenols is 1. The summed E-state index contributed by atoms with van der Waals surface area (Å²) in [5, 5.41) is 10.6. The van der Waals surface area contributed by atoms with E-state index in [0.717, 1.165) is 6.42 Å². The summed E-state index contributed by atoms with van der Waals surface area (Å²) in [6, 6.07) is 4.96. The SMILES string of the molecule is CCCC(=O)c1cnc2c(O)cccc2c1Cl. The van der Waals surface area contributed by atoms with E-state index < -0.39 is 0 Å². The topological polar surface area (TPSA) is 50.2 Å². The maximum Gasteiger partial charge on any atom is 0.165 e. The Morgan fingerprint density at radius 1 is 1.47 bits per heavy atom. The number of Topliss-reactive ketones (excluding diaryl/α,β-unsaturated/α-hetero) is 1. The van der Waals surface area contributed by atoms with Crippen molar-refractivity contribution in [2.45, 2.75) is 19.8 Å². The molecule has 0 fully saturated rings. The van der Waals surface area contributed by atoms with Crippen LogP contribution >= 0.6 is 11.6 Å². The minimum atomic E-state index is -0.0183. The first-order valence-corrected chi connectivity index (χ1v) is 5.82. The molecule has 0 atom stereocenters. The largest absolute Gasteiger partial charge is 0.506 e. The molecule has 0 bridgehead atoms. The second kappa shape index (κ2) is 4.72. The zero-order valence-electron chi connectivity index (χ0n) is 9.40. The van der Waals surface area contributed by atoms with Gasteiger partial charge < -0.3 is 5.11 Å². The molecule has 1 N–H and O–H groups in total. The van der Waals surface area contributed by atoms with Crippen molar-refractivity contribution in [3.05, 3.63) is 35.0 Å². The van der Waals surface area contributed by atoms with Gasteiger partial charge in [0.1, 0.15) is 11.3 Å². The Kier molecular flexibility index (Phi) is 3.29. The molecule has 0 saturated carbocycles. The first-order valence-electron chi connectivity index (χ1n) is 5.44. The van der Waals surface area contributed by atoms with Crippen LogP contribution in [0.2, 0.25) is 5.02 Å². The predicted octanol–water partition coefficient (Wildman–Crippen LogP) is 3.58. The number of hydrogen-bond acceptors (Lipinski definition) is 3. The minimum Gasteiger partial charge on any atom is -0.506 e. The maximum absolute atomic E-state index is 11.8. The molecule has 2 aromatic rings. The standard InChI is InChI=1S/C13H12ClNO2/c1-2-4-10(16)9-7-15-13-8(12(9)14)5-3-6-11(13)17/h3,5-7,17H,2,4H2,1H3. The molecule has 1 aromatic heterocycles. The summed E-state index contributed by atoms with van der Waals surface area (Å²) >= 11 is 6.17. The predicted molar refractivity (Wildman–Crippen MR) is 67.7 cm³/mol. The summed E-state index contributed by atoms with van der Waals surface area (Å²) in [5.41, 5.74) is 0.845. The molecule has 1 aromatic carbocycles. The smallest absolute Gasteiger partial charge is 0.165 e. The van der Waals surface area contributed by atoms with E-state index in [4.69, 9.17) is 11.6 Å². The van der Waals surface area contributed by atoms with E-state index in [1.54, 1.807) is 18.2 Å². The van der Waals surface area contributed by atoms with Crippen molar-refractivity contribution in [3.63, 3.8) is 0 Å². The summed E-state index contributed by atoms with van der Waals surface area (Å²) in [5.74, 6) is 0.0501. The van der Waals surface area contributed by atoms with Gasteiger partial charge in [-0.2, -0.15) is 0 Å². The molecule has 88 valence electrons. The molecular formula is C13H12ClNO2. The van der Waals surface area contributed by atoms with Gasteiger partial charge in [-0.1, -0.05) is 30.7 Å². The van der Waals surface area contributed by atoms with Crippen LogP contribution in [0, 0.1) is 0 Å². The Morgan fingerprint density at radius 2 is 2.24 bits per heavy atom. The number of aromatic hydroxyl groups is 1. The average molecular weight is 250 g/mol. The van der Waals surface area contributed by atoms with E-state index >= 15 is 0 Å². The first kappa shape index (κ1) is 11.9. The van der Waals surface area contributed by atoms with E-state index in [0.29, 0.717) is 27.9 Å². The first-order chi connectivity index (χ1) is 8.15. The maximum atomic E-state index is 11.8. The van der Waals surface area contributed by atoms with Gasteiger partial charge in [0.2, 0.25) is 0 Å². The molecule has 0 aliphatic rings. The number of phenolic OH excluding ortho intramolecular Hbond substituents is 1. The van der Waals surface area contributed by atoms with Gasteiger partial charge >= 0.3 is 0 Å². The quantitative estimate of drug-likeness (QED) is 0.846. The van der Waals surface area contributed by atoms with Crippen LogP contribution in [0.25, 0.3) is 10.9 Å². The van der Waals surface area contributed by atoms with Crippen LogP contribution in [0.1, 0.15) is 30.1 Å². The van der Waals surface area contributed by atoms with Gasteiger partial charge in [0, 0.05) is 18.0 Å². The van der Waals surface area contributed by atoms with Gasteiger partial charge in [-0.25, -0.2) is 0 Å². The van der Waals surface area contributed by atoms with Crippen LogP contribution in [0.4, 0.5) is 0 Å². The highest BCUT2D eigenvalue weighted by Crippen LogP contribution is 2.31. The van der Waals surface area contributed by atoms with Gasteiger partial charge in [-0.15, -0.1) is 0 Å². The average Bonchev–Trinajstić information content (AvgIpc) is 2.31. The lowest BCUT2D eigenvalue weighted by molar-refractivity contribution is 0.0981. The van der Waals surface area contributed by atoms with Crippen molar-refractivity contribution in [1.29, 1.82) is 0 Å². The number of ketones is 1. The molecule has 0 spiro atoms. The number of halogens is 1. The fraction of sp³-hybridized carbons (Fsp3) is 0.231. The molecule has 17 heavy (non-hydrogen) atoms. The third-order valence-electron chi connectivity index (χ3n) is 2.59. The molecule has 0 saturated heterocycles. The number of nitrogens with zero attached hydrogens (tertiary/aromatic N) is 1. The highest BCUT2D eigenvalue weighted by atomic mass is 35.5. The van der Waals surface area contributed by atoms with Crippen molar-refractivity contribution in [2.75, 3.05) is 0 Å². The highest BCUT2D eigenvalue weighted by Gasteiger charge is 2.14. The molecular weight excluding hydrogens is 238 g/mol. The number of benzene rings is 1. The summed E-state index contributed by atoms with van der Waals surface area (Å²) in [7, 11) is 0. The molecule has 4 heteroatoms. The Bertz CT molecular complexity index is 581. The zero-order chi connectivity index (χ0) is 12.4. The van der Waals surface area contributed by atoms with Crippen LogP contribution < -0.4 is 0 Å². The fourth-order valence-electron chi connectivity index (χ4n) is 1.73. The molecule has 0 unspecified atom stereocenters. The van der Waals surface area contributed by atoms with Crippen LogP contribution in [0.3, 0.4) is 0 Å². The van der Waals surface area contributed by atoms with Crippen LogP contribution in [-0.2, 0) is 0 Å². The molecule has 0 aliphatic carbocycles. The Hall–Kier alpha value is -1.61. The molecule has 0 aliphatic heterocycles. The summed E-state index contributed by atoms with van der Waals surface area (Å²) in [4.78, 5) is 15.9. The number of fused-ring (bicyclic) bond motifs is 1. The Morgan fingerprint density at radius 3 is 2.94 bits per heavy atom. The lowest BCUT2D eigenvalue weighted by atomic mass is 10.1. The fourth-order valence-corrected chi connectivity index (χ4v) is 2.04. The molecule has 1 heterocycles. The summed E-state index contributed by atoms with van der Waals surface area (Å²) in [6.07, 6.45) is 2.65. The molecule has 0 amide bonds. The number of carbonyl (C=O) groups is 1. The molecule has 2 rings (SSSR count). The summed E-state index contributed by atoms with van der Waals surface area (Å²) in [6.45, 7) is 1.94. The normalized spacial score (nSPS) is 10.7. The van der Waals surface area contributed by atoms with Crippen molar-refractivity contribution < 1.29 is 9.90 Å². The second-order valence-corrected chi connectivity index (χ2v) is 4.21. The van der Waals surface area contributed by atoms with E-state index in [1.165, 1.54) is 6.20 Å². The van der Waals surface area contributed by atoms with Crippen LogP contribution in [0.5, 0.6) is 5.75 Å². The number of rotatable bonds is 3.